The number of aliphatic hydroxyl groups is 1. The Kier molecular flexibility index (Phi) is 10.9. The first kappa shape index (κ1) is 25.7. The Labute approximate surface area is 185 Å². The van der Waals surface area contributed by atoms with Gasteiger partial charge in [0, 0.05) is 31.7 Å². The van der Waals surface area contributed by atoms with Crippen LogP contribution >= 0.6 is 24.8 Å². The largest absolute Gasteiger partial charge is 0.497 e. The minimum Gasteiger partial charge on any atom is -0.497 e. The Morgan fingerprint density at radius 2 is 1.86 bits per heavy atom. The fourth-order valence-electron chi connectivity index (χ4n) is 3.66. The average Bonchev–Trinajstić information content (AvgIpc) is 2.68. The highest BCUT2D eigenvalue weighted by atomic mass is 35.5. The quantitative estimate of drug-likeness (QED) is 0.648. The van der Waals surface area contributed by atoms with Crippen LogP contribution in [0.3, 0.4) is 0 Å². The maximum Gasteiger partial charge on any atom is 0.127 e. The Bertz CT molecular complexity index is 725. The molecule has 29 heavy (non-hydrogen) atoms. The molecule has 1 unspecified atom stereocenters. The second kappa shape index (κ2) is 12.4. The molecule has 2 aromatic rings. The molecule has 0 spiro atoms. The normalized spacial score (nSPS) is 18.6. The van der Waals surface area contributed by atoms with Crippen molar-refractivity contribution in [1.82, 2.24) is 10.2 Å². The zero-order valence-corrected chi connectivity index (χ0v) is 18.4. The fourth-order valence-corrected chi connectivity index (χ4v) is 3.66. The van der Waals surface area contributed by atoms with Gasteiger partial charge in [-0.2, -0.15) is 0 Å². The van der Waals surface area contributed by atoms with Gasteiger partial charge in [-0.3, -0.25) is 4.90 Å². The lowest BCUT2D eigenvalue weighted by atomic mass is 9.93. The minimum absolute atomic E-state index is 0. The third-order valence-electron chi connectivity index (χ3n) is 5.20. The van der Waals surface area contributed by atoms with E-state index in [1.165, 1.54) is 11.6 Å². The Morgan fingerprint density at radius 1 is 1.14 bits per heavy atom. The summed E-state index contributed by atoms with van der Waals surface area (Å²) in [4.78, 5) is 2.16. The van der Waals surface area contributed by atoms with E-state index >= 15 is 0 Å². The molecule has 1 aliphatic rings. The molecule has 1 aliphatic heterocycles. The van der Waals surface area contributed by atoms with Gasteiger partial charge in [-0.15, -0.1) is 24.8 Å². The molecule has 7 heteroatoms. The molecular weight excluding hydrogens is 414 g/mol. The Morgan fingerprint density at radius 3 is 2.48 bits per heavy atom. The van der Waals surface area contributed by atoms with Crippen molar-refractivity contribution in [2.45, 2.75) is 31.4 Å². The highest BCUT2D eigenvalue weighted by Gasteiger charge is 2.31. The number of nitrogens with zero attached hydrogens (tertiary/aromatic N) is 1. The molecule has 2 aromatic carbocycles. The highest BCUT2D eigenvalue weighted by Crippen LogP contribution is 2.20. The first-order chi connectivity index (χ1) is 13.1. The van der Waals surface area contributed by atoms with E-state index in [1.54, 1.807) is 13.2 Å². The van der Waals surface area contributed by atoms with Crippen molar-refractivity contribution in [3.63, 3.8) is 0 Å². The van der Waals surface area contributed by atoms with Crippen LogP contribution < -0.4 is 10.1 Å². The summed E-state index contributed by atoms with van der Waals surface area (Å²) in [6, 6.07) is 14.9. The van der Waals surface area contributed by atoms with Crippen molar-refractivity contribution in [2.75, 3.05) is 33.3 Å². The van der Waals surface area contributed by atoms with Gasteiger partial charge in [0.1, 0.15) is 11.6 Å². The molecule has 0 amide bonds. The summed E-state index contributed by atoms with van der Waals surface area (Å²) in [5.74, 6) is 0.644. The lowest BCUT2D eigenvalue weighted by Gasteiger charge is -2.37. The highest BCUT2D eigenvalue weighted by molar-refractivity contribution is 5.85. The topological polar surface area (TPSA) is 44.7 Å². The first-order valence-electron chi connectivity index (χ1n) is 9.60. The van der Waals surface area contributed by atoms with Gasteiger partial charge in [0.2, 0.25) is 0 Å². The second-order valence-corrected chi connectivity index (χ2v) is 7.40. The van der Waals surface area contributed by atoms with E-state index in [0.29, 0.717) is 25.2 Å². The molecule has 0 aliphatic carbocycles. The number of hydrogen-bond acceptors (Lipinski definition) is 4. The summed E-state index contributed by atoms with van der Waals surface area (Å²) in [6.45, 7) is 3.31. The number of hydrogen-bond donors (Lipinski definition) is 2. The van der Waals surface area contributed by atoms with Crippen LogP contribution in [0.15, 0.2) is 48.5 Å². The van der Waals surface area contributed by atoms with Crippen molar-refractivity contribution < 1.29 is 14.2 Å². The maximum atomic E-state index is 14.2. The van der Waals surface area contributed by atoms with E-state index in [-0.39, 0.29) is 30.6 Å². The van der Waals surface area contributed by atoms with E-state index in [9.17, 15) is 9.50 Å². The number of nitrogens with one attached hydrogen (secondary N) is 1. The van der Waals surface area contributed by atoms with Crippen LogP contribution in [-0.2, 0) is 13.0 Å². The SMILES string of the molecule is COc1ccc(CCN(Cc2ccccc2F)CC2(O)CCCNC2)cc1.Cl.Cl. The van der Waals surface area contributed by atoms with E-state index in [4.69, 9.17) is 4.74 Å². The van der Waals surface area contributed by atoms with Crippen LogP contribution in [0.25, 0.3) is 0 Å². The third-order valence-corrected chi connectivity index (χ3v) is 5.20. The number of halogens is 3. The van der Waals surface area contributed by atoms with Crippen LogP contribution in [0.2, 0.25) is 0 Å². The molecule has 1 saturated heterocycles. The van der Waals surface area contributed by atoms with Gasteiger partial charge in [-0.25, -0.2) is 4.39 Å². The van der Waals surface area contributed by atoms with Crippen LogP contribution in [0.4, 0.5) is 4.39 Å². The number of rotatable bonds is 8. The number of methoxy groups -OCH3 is 1. The van der Waals surface area contributed by atoms with Gasteiger partial charge in [-0.05, 0) is 49.6 Å². The van der Waals surface area contributed by atoms with Crippen LogP contribution in [0, 0.1) is 5.82 Å². The van der Waals surface area contributed by atoms with Crippen molar-refractivity contribution in [3.8, 4) is 5.75 Å². The summed E-state index contributed by atoms with van der Waals surface area (Å²) in [5.41, 5.74) is 1.10. The standard InChI is InChI=1S/C22H29FN2O2.2ClH/c1-27-20-9-7-18(8-10-20)11-14-25(15-19-5-2-3-6-21(19)23)17-22(26)12-4-13-24-16-22;;/h2-3,5-10,24,26H,4,11-17H2,1H3;2*1H. The summed E-state index contributed by atoms with van der Waals surface area (Å²) >= 11 is 0. The molecule has 0 bridgehead atoms. The molecule has 1 heterocycles. The van der Waals surface area contributed by atoms with Gasteiger partial charge in [0.05, 0.1) is 12.7 Å². The molecule has 162 valence electrons. The van der Waals surface area contributed by atoms with E-state index in [0.717, 1.165) is 38.1 Å². The smallest absolute Gasteiger partial charge is 0.127 e. The Balaban J connectivity index is 0.00000210. The number of piperidine rings is 1. The van der Waals surface area contributed by atoms with Gasteiger partial charge >= 0.3 is 0 Å². The van der Waals surface area contributed by atoms with E-state index in [1.807, 2.05) is 24.3 Å². The van der Waals surface area contributed by atoms with Crippen molar-refractivity contribution in [1.29, 1.82) is 0 Å². The van der Waals surface area contributed by atoms with E-state index in [2.05, 4.69) is 22.3 Å². The van der Waals surface area contributed by atoms with Crippen LogP contribution in [0.1, 0.15) is 24.0 Å². The molecule has 3 rings (SSSR count). The molecule has 4 nitrogen and oxygen atoms in total. The zero-order valence-electron chi connectivity index (χ0n) is 16.8. The average molecular weight is 445 g/mol. The number of benzene rings is 2. The lowest BCUT2D eigenvalue weighted by molar-refractivity contribution is -0.0173. The van der Waals surface area contributed by atoms with Gasteiger partial charge < -0.3 is 15.2 Å². The number of ether oxygens (including phenoxy) is 1. The first-order valence-corrected chi connectivity index (χ1v) is 9.60. The minimum atomic E-state index is -0.761. The lowest BCUT2D eigenvalue weighted by Crippen LogP contribution is -2.53. The van der Waals surface area contributed by atoms with Gasteiger partial charge in [0.25, 0.3) is 0 Å². The van der Waals surface area contributed by atoms with Crippen molar-refractivity contribution in [3.05, 3.63) is 65.5 Å². The fraction of sp³-hybridized carbons (Fsp3) is 0.455. The predicted octanol–water partition coefficient (Wildman–Crippen LogP) is 3.84. The maximum absolute atomic E-state index is 14.2. The monoisotopic (exact) mass is 444 g/mol. The van der Waals surface area contributed by atoms with Gasteiger partial charge in [-0.1, -0.05) is 30.3 Å². The second-order valence-electron chi connectivity index (χ2n) is 7.40. The predicted molar refractivity (Wildman–Crippen MR) is 120 cm³/mol. The molecule has 0 aromatic heterocycles. The summed E-state index contributed by atoms with van der Waals surface area (Å²) in [5, 5.41) is 14.2. The zero-order chi connectivity index (χ0) is 19.1. The third kappa shape index (κ3) is 7.76. The molecular formula is C22H31Cl2FN2O2. The van der Waals surface area contributed by atoms with E-state index < -0.39 is 5.60 Å². The number of β-amino-alcohol motifs (C(OH)–C–C–N with tert-alkyl or cyclic N) is 1. The Hall–Kier alpha value is -1.37. The summed E-state index contributed by atoms with van der Waals surface area (Å²) < 4.78 is 19.4. The van der Waals surface area contributed by atoms with Crippen LogP contribution in [-0.4, -0.2) is 48.9 Å². The molecule has 0 saturated carbocycles. The summed E-state index contributed by atoms with van der Waals surface area (Å²) in [6.07, 6.45) is 2.57. The van der Waals surface area contributed by atoms with Crippen LogP contribution in [0.5, 0.6) is 5.75 Å². The van der Waals surface area contributed by atoms with Crippen molar-refractivity contribution in [2.24, 2.45) is 0 Å². The van der Waals surface area contributed by atoms with Crippen molar-refractivity contribution >= 4 is 24.8 Å². The summed E-state index contributed by atoms with van der Waals surface area (Å²) in [7, 11) is 1.66. The molecule has 1 atom stereocenters. The molecule has 1 fully saturated rings. The van der Waals surface area contributed by atoms with Gasteiger partial charge in [0.15, 0.2) is 0 Å². The molecule has 0 radical (unpaired) electrons. The molecule has 2 N–H and O–H groups in total.